The smallest absolute Gasteiger partial charge is 0.320 e. The van der Waals surface area contributed by atoms with Crippen LogP contribution in [0.2, 0.25) is 0 Å². The third-order valence-corrected chi connectivity index (χ3v) is 3.33. The molecule has 0 bridgehead atoms. The van der Waals surface area contributed by atoms with E-state index in [0.717, 1.165) is 38.6 Å². The molecule has 0 amide bonds. The molecule has 0 aromatic rings. The summed E-state index contributed by atoms with van der Waals surface area (Å²) in [5, 5.41) is 9.11. The molecule has 1 aliphatic rings. The molecule has 1 heterocycles. The Morgan fingerprint density at radius 1 is 1.71 bits per heavy atom. The maximum absolute atomic E-state index is 10.9. The number of rotatable bonds is 5. The summed E-state index contributed by atoms with van der Waals surface area (Å²) in [5.74, 6) is -0.696. The molecule has 0 spiro atoms. The first kappa shape index (κ1) is 11.9. The van der Waals surface area contributed by atoms with E-state index in [4.69, 9.17) is 5.11 Å². The standard InChI is InChI=1S/C10H19NO2S/c1-2-3-6-9(14)11-7-4-5-8(11)10(12)13/h8-9,14H,2-7H2,1H3,(H,12,13). The molecular formula is C10H19NO2S. The number of nitrogens with zero attached hydrogens (tertiary/aromatic N) is 1. The third-order valence-electron chi connectivity index (χ3n) is 2.78. The highest BCUT2D eigenvalue weighted by atomic mass is 32.1. The van der Waals surface area contributed by atoms with Gasteiger partial charge in [-0.1, -0.05) is 19.8 Å². The summed E-state index contributed by atoms with van der Waals surface area (Å²) >= 11 is 4.48. The topological polar surface area (TPSA) is 40.5 Å². The van der Waals surface area contributed by atoms with E-state index >= 15 is 0 Å². The first-order valence-electron chi connectivity index (χ1n) is 5.33. The maximum atomic E-state index is 10.9. The normalized spacial score (nSPS) is 25.1. The summed E-state index contributed by atoms with van der Waals surface area (Å²) in [5.41, 5.74) is 0. The minimum atomic E-state index is -0.696. The molecule has 1 N–H and O–H groups in total. The lowest BCUT2D eigenvalue weighted by Gasteiger charge is -2.27. The number of hydrogen-bond acceptors (Lipinski definition) is 3. The van der Waals surface area contributed by atoms with E-state index in [9.17, 15) is 4.79 Å². The van der Waals surface area contributed by atoms with Gasteiger partial charge in [0.1, 0.15) is 6.04 Å². The van der Waals surface area contributed by atoms with Gasteiger partial charge in [-0.2, -0.15) is 12.6 Å². The molecule has 2 atom stereocenters. The molecule has 1 aliphatic heterocycles. The molecule has 3 nitrogen and oxygen atoms in total. The summed E-state index contributed by atoms with van der Waals surface area (Å²) in [6, 6.07) is -0.297. The molecule has 0 aliphatic carbocycles. The van der Waals surface area contributed by atoms with Gasteiger partial charge in [-0.05, 0) is 19.3 Å². The van der Waals surface area contributed by atoms with Crippen molar-refractivity contribution in [1.82, 2.24) is 4.90 Å². The van der Waals surface area contributed by atoms with Gasteiger partial charge in [0, 0.05) is 6.54 Å². The third kappa shape index (κ3) is 2.89. The monoisotopic (exact) mass is 217 g/mol. The van der Waals surface area contributed by atoms with Crippen molar-refractivity contribution < 1.29 is 9.90 Å². The van der Waals surface area contributed by atoms with Gasteiger partial charge >= 0.3 is 5.97 Å². The Morgan fingerprint density at radius 2 is 2.43 bits per heavy atom. The van der Waals surface area contributed by atoms with Crippen LogP contribution in [0.1, 0.15) is 39.0 Å². The zero-order valence-corrected chi connectivity index (χ0v) is 9.54. The van der Waals surface area contributed by atoms with Crippen LogP contribution in [-0.4, -0.2) is 33.9 Å². The Bertz CT molecular complexity index is 199. The number of carboxylic acids is 1. The molecule has 14 heavy (non-hydrogen) atoms. The average molecular weight is 217 g/mol. The van der Waals surface area contributed by atoms with Crippen molar-refractivity contribution in [1.29, 1.82) is 0 Å². The summed E-state index contributed by atoms with van der Waals surface area (Å²) in [4.78, 5) is 12.9. The fourth-order valence-corrected chi connectivity index (χ4v) is 2.42. The molecular weight excluding hydrogens is 198 g/mol. The summed E-state index contributed by atoms with van der Waals surface area (Å²) in [6.07, 6.45) is 5.02. The lowest BCUT2D eigenvalue weighted by Crippen LogP contribution is -2.40. The van der Waals surface area contributed by atoms with E-state index in [1.54, 1.807) is 0 Å². The molecule has 1 fully saturated rings. The van der Waals surface area contributed by atoms with Crippen LogP contribution in [0.15, 0.2) is 0 Å². The van der Waals surface area contributed by atoms with Crippen molar-refractivity contribution in [2.75, 3.05) is 6.54 Å². The van der Waals surface area contributed by atoms with Gasteiger partial charge in [0.25, 0.3) is 0 Å². The quantitative estimate of drug-likeness (QED) is 0.692. The fourth-order valence-electron chi connectivity index (χ4n) is 1.96. The van der Waals surface area contributed by atoms with Crippen LogP contribution in [0, 0.1) is 0 Å². The van der Waals surface area contributed by atoms with E-state index < -0.39 is 5.97 Å². The largest absolute Gasteiger partial charge is 0.480 e. The Balaban J connectivity index is 2.44. The predicted octanol–water partition coefficient (Wildman–Crippen LogP) is 1.98. The summed E-state index contributed by atoms with van der Waals surface area (Å²) in [7, 11) is 0. The SMILES string of the molecule is CCCCC(S)N1CCCC1C(=O)O. The van der Waals surface area contributed by atoms with E-state index in [-0.39, 0.29) is 11.4 Å². The van der Waals surface area contributed by atoms with E-state index in [1.165, 1.54) is 0 Å². The Morgan fingerprint density at radius 3 is 3.00 bits per heavy atom. The highest BCUT2D eigenvalue weighted by Gasteiger charge is 2.33. The minimum absolute atomic E-state index is 0.124. The van der Waals surface area contributed by atoms with Crippen LogP contribution in [-0.2, 0) is 4.79 Å². The lowest BCUT2D eigenvalue weighted by atomic mass is 10.2. The van der Waals surface area contributed by atoms with Gasteiger partial charge < -0.3 is 5.11 Å². The van der Waals surface area contributed by atoms with Crippen LogP contribution in [0.25, 0.3) is 0 Å². The second-order valence-corrected chi connectivity index (χ2v) is 4.45. The summed E-state index contributed by atoms with van der Waals surface area (Å²) in [6.45, 7) is 3.02. The first-order chi connectivity index (χ1) is 6.66. The number of likely N-dealkylation sites (tertiary alicyclic amines) is 1. The molecule has 0 saturated carbocycles. The number of thiol groups is 1. The molecule has 0 radical (unpaired) electrons. The molecule has 1 saturated heterocycles. The number of aliphatic carboxylic acids is 1. The van der Waals surface area contributed by atoms with Crippen molar-refractivity contribution >= 4 is 18.6 Å². The van der Waals surface area contributed by atoms with Gasteiger partial charge in [-0.15, -0.1) is 0 Å². The highest BCUT2D eigenvalue weighted by molar-refractivity contribution is 7.80. The molecule has 1 rings (SSSR count). The van der Waals surface area contributed by atoms with E-state index in [2.05, 4.69) is 19.6 Å². The van der Waals surface area contributed by atoms with Gasteiger partial charge in [-0.3, -0.25) is 9.69 Å². The Labute approximate surface area is 90.9 Å². The van der Waals surface area contributed by atoms with E-state index in [0.29, 0.717) is 0 Å². The minimum Gasteiger partial charge on any atom is -0.480 e. The maximum Gasteiger partial charge on any atom is 0.320 e. The molecule has 4 heteroatoms. The number of carbonyl (C=O) groups is 1. The van der Waals surface area contributed by atoms with Crippen molar-refractivity contribution in [2.24, 2.45) is 0 Å². The molecule has 0 aromatic heterocycles. The lowest BCUT2D eigenvalue weighted by molar-refractivity contribution is -0.142. The molecule has 82 valence electrons. The van der Waals surface area contributed by atoms with Crippen molar-refractivity contribution in [3.63, 3.8) is 0 Å². The second-order valence-electron chi connectivity index (χ2n) is 3.86. The van der Waals surface area contributed by atoms with Crippen LogP contribution in [0.3, 0.4) is 0 Å². The van der Waals surface area contributed by atoms with Crippen LogP contribution < -0.4 is 0 Å². The number of carboxylic acid groups (broad SMARTS) is 1. The predicted molar refractivity (Wildman–Crippen MR) is 59.7 cm³/mol. The van der Waals surface area contributed by atoms with Gasteiger partial charge in [-0.25, -0.2) is 0 Å². The van der Waals surface area contributed by atoms with Gasteiger partial charge in [0.15, 0.2) is 0 Å². The summed E-state index contributed by atoms with van der Waals surface area (Å²) < 4.78 is 0. The number of hydrogen-bond donors (Lipinski definition) is 2. The molecule has 2 unspecified atom stereocenters. The van der Waals surface area contributed by atoms with E-state index in [1.807, 2.05) is 4.90 Å². The van der Waals surface area contributed by atoms with Crippen LogP contribution in [0.5, 0.6) is 0 Å². The zero-order valence-electron chi connectivity index (χ0n) is 8.65. The zero-order chi connectivity index (χ0) is 10.6. The van der Waals surface area contributed by atoms with Crippen molar-refractivity contribution in [3.05, 3.63) is 0 Å². The second kappa shape index (κ2) is 5.61. The fraction of sp³-hybridized carbons (Fsp3) is 0.900. The van der Waals surface area contributed by atoms with Crippen molar-refractivity contribution in [2.45, 2.75) is 50.4 Å². The Kier molecular flexibility index (Phi) is 4.75. The van der Waals surface area contributed by atoms with Gasteiger partial charge in [0.05, 0.1) is 5.37 Å². The van der Waals surface area contributed by atoms with Crippen LogP contribution in [0.4, 0.5) is 0 Å². The van der Waals surface area contributed by atoms with Crippen molar-refractivity contribution in [3.8, 4) is 0 Å². The Hall–Kier alpha value is -0.220. The van der Waals surface area contributed by atoms with Crippen LogP contribution >= 0.6 is 12.6 Å². The molecule has 0 aromatic carbocycles. The number of unbranched alkanes of at least 4 members (excludes halogenated alkanes) is 1. The first-order valence-corrected chi connectivity index (χ1v) is 5.85. The van der Waals surface area contributed by atoms with Gasteiger partial charge in [0.2, 0.25) is 0 Å². The highest BCUT2D eigenvalue weighted by Crippen LogP contribution is 2.24. The average Bonchev–Trinajstić information content (AvgIpc) is 2.62.